The van der Waals surface area contributed by atoms with Crippen LogP contribution in [-0.4, -0.2) is 14.9 Å². The van der Waals surface area contributed by atoms with E-state index in [1.54, 1.807) is 29.2 Å². The highest BCUT2D eigenvalue weighted by Crippen LogP contribution is 2.15. The Labute approximate surface area is 97.1 Å². The Hall–Kier alpha value is -1.39. The number of halogens is 2. The highest BCUT2D eigenvalue weighted by Gasteiger charge is 2.04. The molecule has 1 N–H and O–H groups in total. The van der Waals surface area contributed by atoms with Gasteiger partial charge in [-0.1, -0.05) is 17.7 Å². The fourth-order valence-corrected chi connectivity index (χ4v) is 1.56. The smallest absolute Gasteiger partial charge is 0.129 e. The third-order valence-electron chi connectivity index (χ3n) is 2.22. The van der Waals surface area contributed by atoms with Gasteiger partial charge in [0.2, 0.25) is 0 Å². The van der Waals surface area contributed by atoms with Crippen LogP contribution in [0, 0.1) is 5.82 Å². The average Bonchev–Trinajstić information content (AvgIpc) is 2.70. The molecule has 0 aliphatic rings. The molecule has 2 aromatic rings. The van der Waals surface area contributed by atoms with Gasteiger partial charge in [0.1, 0.15) is 5.82 Å². The molecule has 1 aromatic carbocycles. The van der Waals surface area contributed by atoms with Gasteiger partial charge >= 0.3 is 0 Å². The molecule has 3 nitrogen and oxygen atoms in total. The summed E-state index contributed by atoms with van der Waals surface area (Å²) in [6.07, 6.45) is 3.22. The van der Waals surface area contributed by atoms with E-state index in [0.717, 1.165) is 0 Å². The Morgan fingerprint density at radius 1 is 1.44 bits per heavy atom. The summed E-state index contributed by atoms with van der Waals surface area (Å²) < 4.78 is 15.0. The molecule has 1 aromatic heterocycles. The van der Waals surface area contributed by atoms with Gasteiger partial charge in [-0.25, -0.2) is 4.39 Å². The Bertz CT molecular complexity index is 498. The van der Waals surface area contributed by atoms with E-state index < -0.39 is 0 Å². The predicted octanol–water partition coefficient (Wildman–Crippen LogP) is 2.22. The van der Waals surface area contributed by atoms with Gasteiger partial charge in [0.15, 0.2) is 0 Å². The van der Waals surface area contributed by atoms with E-state index in [1.165, 1.54) is 6.07 Å². The van der Waals surface area contributed by atoms with Gasteiger partial charge in [-0.15, -0.1) is 0 Å². The van der Waals surface area contributed by atoms with Crippen LogP contribution >= 0.6 is 11.6 Å². The van der Waals surface area contributed by atoms with Gasteiger partial charge in [-0.05, 0) is 12.1 Å². The van der Waals surface area contributed by atoms with Crippen molar-refractivity contribution in [2.75, 3.05) is 0 Å². The lowest BCUT2D eigenvalue weighted by atomic mass is 10.2. The van der Waals surface area contributed by atoms with Gasteiger partial charge in [-0.2, -0.15) is 5.10 Å². The van der Waals surface area contributed by atoms with Gasteiger partial charge < -0.3 is 5.11 Å². The van der Waals surface area contributed by atoms with Gasteiger partial charge in [0.05, 0.1) is 19.3 Å². The molecule has 0 aliphatic heterocycles. The standard InChI is InChI=1S/C11H10ClFN2O/c12-10-2-1-9(11(13)3-10)6-15-5-8(7-16)4-14-15/h1-5,16H,6-7H2. The van der Waals surface area contributed by atoms with E-state index in [4.69, 9.17) is 16.7 Å². The SMILES string of the molecule is OCc1cnn(Cc2ccc(Cl)cc2F)c1. The molecule has 0 unspecified atom stereocenters. The maximum absolute atomic E-state index is 13.4. The number of rotatable bonds is 3. The zero-order chi connectivity index (χ0) is 11.5. The fraction of sp³-hybridized carbons (Fsp3) is 0.182. The largest absolute Gasteiger partial charge is 0.392 e. The van der Waals surface area contributed by atoms with Crippen LogP contribution in [0.15, 0.2) is 30.6 Å². The van der Waals surface area contributed by atoms with Crippen molar-refractivity contribution in [3.05, 3.63) is 52.6 Å². The van der Waals surface area contributed by atoms with Crippen molar-refractivity contribution in [1.82, 2.24) is 9.78 Å². The average molecular weight is 241 g/mol. The number of benzene rings is 1. The van der Waals surface area contributed by atoms with Crippen LogP contribution in [0.2, 0.25) is 5.02 Å². The van der Waals surface area contributed by atoms with E-state index in [2.05, 4.69) is 5.10 Å². The Morgan fingerprint density at radius 3 is 2.88 bits per heavy atom. The second-order valence-electron chi connectivity index (χ2n) is 3.44. The molecule has 0 spiro atoms. The summed E-state index contributed by atoms with van der Waals surface area (Å²) in [7, 11) is 0. The zero-order valence-corrected chi connectivity index (χ0v) is 9.15. The minimum Gasteiger partial charge on any atom is -0.392 e. The lowest BCUT2D eigenvalue weighted by Crippen LogP contribution is -2.02. The number of nitrogens with zero attached hydrogens (tertiary/aromatic N) is 2. The van der Waals surface area contributed by atoms with Crippen molar-refractivity contribution in [2.45, 2.75) is 13.2 Å². The first kappa shape index (κ1) is 11.1. The summed E-state index contributed by atoms with van der Waals surface area (Å²) in [4.78, 5) is 0. The van der Waals surface area contributed by atoms with Crippen molar-refractivity contribution in [3.63, 3.8) is 0 Å². The first-order chi connectivity index (χ1) is 7.69. The molecule has 0 saturated heterocycles. The molecule has 0 amide bonds. The summed E-state index contributed by atoms with van der Waals surface area (Å²) in [5, 5.41) is 13.2. The molecule has 0 radical (unpaired) electrons. The summed E-state index contributed by atoms with van der Waals surface area (Å²) >= 11 is 5.65. The molecule has 0 fully saturated rings. The zero-order valence-electron chi connectivity index (χ0n) is 8.40. The molecular weight excluding hydrogens is 231 g/mol. The predicted molar refractivity (Wildman–Crippen MR) is 58.7 cm³/mol. The second-order valence-corrected chi connectivity index (χ2v) is 3.88. The van der Waals surface area contributed by atoms with Crippen molar-refractivity contribution in [2.24, 2.45) is 0 Å². The topological polar surface area (TPSA) is 38.1 Å². The monoisotopic (exact) mass is 240 g/mol. The lowest BCUT2D eigenvalue weighted by molar-refractivity contribution is 0.281. The number of aromatic nitrogens is 2. The summed E-state index contributed by atoms with van der Waals surface area (Å²) in [6, 6.07) is 4.53. The third kappa shape index (κ3) is 2.40. The molecular formula is C11H10ClFN2O. The van der Waals surface area contributed by atoms with E-state index >= 15 is 0 Å². The van der Waals surface area contributed by atoms with Crippen molar-refractivity contribution >= 4 is 11.6 Å². The summed E-state index contributed by atoms with van der Waals surface area (Å²) in [5.74, 6) is -0.353. The quantitative estimate of drug-likeness (QED) is 0.893. The van der Waals surface area contributed by atoms with Gasteiger partial charge in [0, 0.05) is 22.3 Å². The van der Waals surface area contributed by atoms with Gasteiger partial charge in [-0.3, -0.25) is 4.68 Å². The second kappa shape index (κ2) is 4.63. The molecule has 0 aliphatic carbocycles. The van der Waals surface area contributed by atoms with Crippen LogP contribution in [0.4, 0.5) is 4.39 Å². The number of aliphatic hydroxyl groups is 1. The molecule has 1 heterocycles. The molecule has 0 bridgehead atoms. The first-order valence-electron chi connectivity index (χ1n) is 4.75. The molecule has 2 rings (SSSR count). The minimum absolute atomic E-state index is 0.0664. The summed E-state index contributed by atoms with van der Waals surface area (Å²) in [5.41, 5.74) is 1.21. The van der Waals surface area contributed by atoms with Crippen molar-refractivity contribution < 1.29 is 9.50 Å². The van der Waals surface area contributed by atoms with Crippen LogP contribution in [0.25, 0.3) is 0 Å². The molecule has 5 heteroatoms. The fourth-order valence-electron chi connectivity index (χ4n) is 1.40. The normalized spacial score (nSPS) is 10.7. The van der Waals surface area contributed by atoms with E-state index in [-0.39, 0.29) is 12.4 Å². The van der Waals surface area contributed by atoms with Crippen LogP contribution in [0.5, 0.6) is 0 Å². The molecule has 0 atom stereocenters. The number of hydrogen-bond donors (Lipinski definition) is 1. The number of aliphatic hydroxyl groups excluding tert-OH is 1. The van der Waals surface area contributed by atoms with E-state index in [1.807, 2.05) is 0 Å². The maximum Gasteiger partial charge on any atom is 0.129 e. The minimum atomic E-state index is -0.353. The van der Waals surface area contributed by atoms with Crippen molar-refractivity contribution in [3.8, 4) is 0 Å². The Morgan fingerprint density at radius 2 is 2.25 bits per heavy atom. The Kier molecular flexibility index (Phi) is 3.22. The van der Waals surface area contributed by atoms with Crippen LogP contribution in [0.1, 0.15) is 11.1 Å². The van der Waals surface area contributed by atoms with E-state index in [9.17, 15) is 4.39 Å². The summed E-state index contributed by atoms with van der Waals surface area (Å²) in [6.45, 7) is 0.256. The lowest BCUT2D eigenvalue weighted by Gasteiger charge is -2.03. The van der Waals surface area contributed by atoms with Crippen molar-refractivity contribution in [1.29, 1.82) is 0 Å². The highest BCUT2D eigenvalue weighted by atomic mass is 35.5. The Balaban J connectivity index is 2.20. The molecule has 0 saturated carbocycles. The van der Waals surface area contributed by atoms with Crippen LogP contribution in [0.3, 0.4) is 0 Å². The molecule has 16 heavy (non-hydrogen) atoms. The number of hydrogen-bond acceptors (Lipinski definition) is 2. The van der Waals surface area contributed by atoms with Gasteiger partial charge in [0.25, 0.3) is 0 Å². The maximum atomic E-state index is 13.4. The molecule has 84 valence electrons. The van der Waals surface area contributed by atoms with E-state index in [0.29, 0.717) is 22.7 Å². The third-order valence-corrected chi connectivity index (χ3v) is 2.45. The first-order valence-corrected chi connectivity index (χ1v) is 5.13. The van der Waals surface area contributed by atoms with Crippen LogP contribution in [-0.2, 0) is 13.2 Å². The van der Waals surface area contributed by atoms with Crippen LogP contribution < -0.4 is 0 Å². The highest BCUT2D eigenvalue weighted by molar-refractivity contribution is 6.30.